The summed E-state index contributed by atoms with van der Waals surface area (Å²) in [5, 5.41) is -0.273. The van der Waals surface area contributed by atoms with Gasteiger partial charge in [-0.1, -0.05) is 43.5 Å². The van der Waals surface area contributed by atoms with E-state index in [1.54, 1.807) is 12.1 Å². The predicted octanol–water partition coefficient (Wildman–Crippen LogP) is 5.47. The first-order valence-corrected chi connectivity index (χ1v) is 7.28. The molecule has 1 aromatic rings. The topological polar surface area (TPSA) is 17.1 Å². The van der Waals surface area contributed by atoms with Crippen molar-refractivity contribution in [3.63, 3.8) is 0 Å². The fourth-order valence-corrected chi connectivity index (χ4v) is 2.05. The number of benzene rings is 1. The molecule has 1 aromatic carbocycles. The van der Waals surface area contributed by atoms with E-state index in [1.165, 1.54) is 6.07 Å². The van der Waals surface area contributed by atoms with Crippen LogP contribution in [-0.2, 0) is 4.79 Å². The average molecular weight is 301 g/mol. The summed E-state index contributed by atoms with van der Waals surface area (Å²) in [4.78, 5) is 10.5. The van der Waals surface area contributed by atoms with Gasteiger partial charge in [-0.25, -0.2) is 8.78 Å². The number of carbonyl (C=O) groups excluding carboxylic acids is 1. The third-order valence-corrected chi connectivity index (χ3v) is 3.21. The SMILES string of the molecule is O=C(Cl)CCCCCCC/C=C/c1cccc(F)c1F. The van der Waals surface area contributed by atoms with E-state index in [0.717, 1.165) is 44.6 Å². The van der Waals surface area contributed by atoms with E-state index in [2.05, 4.69) is 0 Å². The van der Waals surface area contributed by atoms with Crippen LogP contribution in [0.15, 0.2) is 24.3 Å². The molecule has 0 radical (unpaired) electrons. The van der Waals surface area contributed by atoms with Crippen molar-refractivity contribution in [1.29, 1.82) is 0 Å². The summed E-state index contributed by atoms with van der Waals surface area (Å²) in [5.74, 6) is -1.62. The van der Waals surface area contributed by atoms with Crippen LogP contribution in [0.1, 0.15) is 50.5 Å². The highest BCUT2D eigenvalue weighted by molar-refractivity contribution is 6.63. The van der Waals surface area contributed by atoms with Gasteiger partial charge in [-0.3, -0.25) is 4.79 Å². The maximum atomic E-state index is 13.3. The first kappa shape index (κ1) is 16.8. The zero-order chi connectivity index (χ0) is 14.8. The Morgan fingerprint density at radius 2 is 1.80 bits per heavy atom. The molecule has 0 aliphatic carbocycles. The zero-order valence-electron chi connectivity index (χ0n) is 11.4. The van der Waals surface area contributed by atoms with Crippen LogP contribution in [0, 0.1) is 11.6 Å². The molecule has 0 fully saturated rings. The van der Waals surface area contributed by atoms with Crippen molar-refractivity contribution in [3.05, 3.63) is 41.5 Å². The number of rotatable bonds is 9. The fraction of sp³-hybridized carbons (Fsp3) is 0.438. The van der Waals surface area contributed by atoms with Gasteiger partial charge in [0.1, 0.15) is 0 Å². The number of halogens is 3. The summed E-state index contributed by atoms with van der Waals surface area (Å²) < 4.78 is 26.3. The molecule has 110 valence electrons. The molecule has 0 unspecified atom stereocenters. The molecule has 4 heteroatoms. The van der Waals surface area contributed by atoms with Gasteiger partial charge in [0.25, 0.3) is 0 Å². The smallest absolute Gasteiger partial charge is 0.221 e. The number of allylic oxidation sites excluding steroid dienone is 1. The molecular weight excluding hydrogens is 282 g/mol. The van der Waals surface area contributed by atoms with Crippen LogP contribution in [0.25, 0.3) is 6.08 Å². The Labute approximate surface area is 123 Å². The molecule has 0 aliphatic rings. The van der Waals surface area contributed by atoms with Gasteiger partial charge in [0, 0.05) is 12.0 Å². The van der Waals surface area contributed by atoms with Gasteiger partial charge in [0.2, 0.25) is 5.24 Å². The fourth-order valence-electron chi connectivity index (χ4n) is 1.92. The van der Waals surface area contributed by atoms with Crippen molar-refractivity contribution in [2.24, 2.45) is 0 Å². The maximum Gasteiger partial charge on any atom is 0.221 e. The van der Waals surface area contributed by atoms with E-state index >= 15 is 0 Å². The van der Waals surface area contributed by atoms with Crippen LogP contribution in [0.4, 0.5) is 8.78 Å². The van der Waals surface area contributed by atoms with Crippen LogP contribution < -0.4 is 0 Å². The van der Waals surface area contributed by atoms with Crippen molar-refractivity contribution in [2.75, 3.05) is 0 Å². The lowest BCUT2D eigenvalue weighted by Gasteiger charge is -1.99. The largest absolute Gasteiger partial charge is 0.281 e. The van der Waals surface area contributed by atoms with Crippen LogP contribution >= 0.6 is 11.6 Å². The third-order valence-electron chi connectivity index (χ3n) is 3.02. The zero-order valence-corrected chi connectivity index (χ0v) is 12.1. The van der Waals surface area contributed by atoms with Crippen LogP contribution in [-0.4, -0.2) is 5.24 Å². The first-order chi connectivity index (χ1) is 9.61. The van der Waals surface area contributed by atoms with Gasteiger partial charge >= 0.3 is 0 Å². The molecule has 0 aromatic heterocycles. The normalized spacial score (nSPS) is 11.2. The van der Waals surface area contributed by atoms with Gasteiger partial charge in [-0.2, -0.15) is 0 Å². The Kier molecular flexibility index (Phi) is 8.12. The second-order valence-corrected chi connectivity index (χ2v) is 5.13. The van der Waals surface area contributed by atoms with Crippen molar-refractivity contribution in [3.8, 4) is 0 Å². The minimum absolute atomic E-state index is 0.273. The van der Waals surface area contributed by atoms with Crippen molar-refractivity contribution >= 4 is 22.9 Å². The number of hydrogen-bond donors (Lipinski definition) is 0. The lowest BCUT2D eigenvalue weighted by molar-refractivity contribution is -0.111. The lowest BCUT2D eigenvalue weighted by atomic mass is 10.1. The van der Waals surface area contributed by atoms with Crippen LogP contribution in [0.3, 0.4) is 0 Å². The Morgan fingerprint density at radius 1 is 1.10 bits per heavy atom. The highest BCUT2D eigenvalue weighted by Gasteiger charge is 2.03. The summed E-state index contributed by atoms with van der Waals surface area (Å²) in [6, 6.07) is 4.16. The predicted molar refractivity (Wildman–Crippen MR) is 78.6 cm³/mol. The average Bonchev–Trinajstić information content (AvgIpc) is 2.41. The summed E-state index contributed by atoms with van der Waals surface area (Å²) in [7, 11) is 0. The van der Waals surface area contributed by atoms with E-state index in [0.29, 0.717) is 6.42 Å². The molecule has 0 atom stereocenters. The van der Waals surface area contributed by atoms with E-state index in [4.69, 9.17) is 11.6 Å². The van der Waals surface area contributed by atoms with Gasteiger partial charge in [-0.15, -0.1) is 0 Å². The first-order valence-electron chi connectivity index (χ1n) is 6.90. The Hall–Kier alpha value is -1.22. The summed E-state index contributed by atoms with van der Waals surface area (Å²) in [6.45, 7) is 0. The summed E-state index contributed by atoms with van der Waals surface area (Å²) in [6.07, 6.45) is 9.73. The molecule has 0 saturated carbocycles. The van der Waals surface area contributed by atoms with Gasteiger partial charge in [0.15, 0.2) is 11.6 Å². The van der Waals surface area contributed by atoms with Gasteiger partial charge < -0.3 is 0 Å². The van der Waals surface area contributed by atoms with Crippen molar-refractivity contribution in [1.82, 2.24) is 0 Å². The maximum absolute atomic E-state index is 13.3. The molecule has 0 aliphatic heterocycles. The van der Waals surface area contributed by atoms with Gasteiger partial charge in [0.05, 0.1) is 0 Å². The molecule has 0 bridgehead atoms. The quantitative estimate of drug-likeness (QED) is 0.436. The van der Waals surface area contributed by atoms with E-state index < -0.39 is 11.6 Å². The highest BCUT2D eigenvalue weighted by Crippen LogP contribution is 2.14. The second-order valence-electron chi connectivity index (χ2n) is 4.71. The molecule has 0 amide bonds. The van der Waals surface area contributed by atoms with Crippen molar-refractivity contribution in [2.45, 2.75) is 44.9 Å². The van der Waals surface area contributed by atoms with E-state index in [9.17, 15) is 13.6 Å². The molecule has 0 saturated heterocycles. The molecule has 1 rings (SSSR count). The second kappa shape index (κ2) is 9.65. The molecule has 1 nitrogen and oxygen atoms in total. The standard InChI is InChI=1S/C16H19ClF2O/c17-15(20)12-7-5-3-1-2-4-6-9-13-10-8-11-14(18)16(13)19/h6,8-11H,1-5,7,12H2/b9-6+. The minimum atomic E-state index is -0.819. The Morgan fingerprint density at radius 3 is 2.55 bits per heavy atom. The molecule has 20 heavy (non-hydrogen) atoms. The number of carbonyl (C=O) groups is 1. The van der Waals surface area contributed by atoms with Crippen molar-refractivity contribution < 1.29 is 13.6 Å². The highest BCUT2D eigenvalue weighted by atomic mass is 35.5. The molecule has 0 N–H and O–H groups in total. The number of unbranched alkanes of at least 4 members (excludes halogenated alkanes) is 5. The minimum Gasteiger partial charge on any atom is -0.281 e. The van der Waals surface area contributed by atoms with Crippen LogP contribution in [0.2, 0.25) is 0 Å². The Bertz CT molecular complexity index is 458. The van der Waals surface area contributed by atoms with E-state index in [1.807, 2.05) is 6.08 Å². The monoisotopic (exact) mass is 300 g/mol. The lowest BCUT2D eigenvalue weighted by Crippen LogP contribution is -1.87. The van der Waals surface area contributed by atoms with Crippen LogP contribution in [0.5, 0.6) is 0 Å². The van der Waals surface area contributed by atoms with Gasteiger partial charge in [-0.05, 0) is 36.9 Å². The molecule has 0 heterocycles. The summed E-state index contributed by atoms with van der Waals surface area (Å²) >= 11 is 5.24. The summed E-state index contributed by atoms with van der Waals surface area (Å²) in [5.41, 5.74) is 0.283. The molecule has 0 spiro atoms. The van der Waals surface area contributed by atoms with E-state index in [-0.39, 0.29) is 10.8 Å². The number of hydrogen-bond acceptors (Lipinski definition) is 1. The third kappa shape index (κ3) is 6.80. The Balaban J connectivity index is 2.13. The molecular formula is C16H19ClF2O.